The molecule has 0 radical (unpaired) electrons. The molecule has 5 nitrogen and oxygen atoms in total. The van der Waals surface area contributed by atoms with Crippen LogP contribution in [0.1, 0.15) is 40.5 Å². The zero-order valence-electron chi connectivity index (χ0n) is 14.3. The lowest BCUT2D eigenvalue weighted by Gasteiger charge is -2.30. The maximum atomic E-state index is 12.7. The molecule has 1 aliphatic heterocycles. The SMILES string of the molecule is CC1NCCCC1NC(=O)c1ccccc1NC(=O)c1ccccc1. The number of piperidine rings is 1. The molecule has 0 spiro atoms. The van der Waals surface area contributed by atoms with Crippen molar-refractivity contribution in [3.63, 3.8) is 0 Å². The molecule has 1 fully saturated rings. The topological polar surface area (TPSA) is 70.2 Å². The third-order valence-electron chi connectivity index (χ3n) is 4.53. The second-order valence-electron chi connectivity index (χ2n) is 6.33. The predicted octanol–water partition coefficient (Wildman–Crippen LogP) is 2.81. The number of hydrogen-bond acceptors (Lipinski definition) is 3. The molecule has 2 aromatic carbocycles. The van der Waals surface area contributed by atoms with Crippen LogP contribution in [0.25, 0.3) is 0 Å². The first-order chi connectivity index (χ1) is 12.1. The summed E-state index contributed by atoms with van der Waals surface area (Å²) in [6.07, 6.45) is 2.00. The van der Waals surface area contributed by atoms with Crippen LogP contribution in [-0.2, 0) is 0 Å². The number of hydrogen-bond donors (Lipinski definition) is 3. The highest BCUT2D eigenvalue weighted by Gasteiger charge is 2.24. The van der Waals surface area contributed by atoms with E-state index in [1.54, 1.807) is 30.3 Å². The standard InChI is InChI=1S/C20H23N3O2/c1-14-17(12-7-13-21-14)22-20(25)16-10-5-6-11-18(16)23-19(24)15-8-3-2-4-9-15/h2-6,8-11,14,17,21H,7,12-13H2,1H3,(H,22,25)(H,23,24). The Hall–Kier alpha value is -2.66. The molecule has 2 aromatic rings. The lowest BCUT2D eigenvalue weighted by atomic mass is 9.99. The minimum Gasteiger partial charge on any atom is -0.348 e. The third-order valence-corrected chi connectivity index (χ3v) is 4.53. The van der Waals surface area contributed by atoms with Gasteiger partial charge in [0.15, 0.2) is 0 Å². The van der Waals surface area contributed by atoms with Gasteiger partial charge in [0.25, 0.3) is 11.8 Å². The van der Waals surface area contributed by atoms with Crippen molar-refractivity contribution in [1.82, 2.24) is 10.6 Å². The van der Waals surface area contributed by atoms with E-state index in [0.29, 0.717) is 16.8 Å². The van der Waals surface area contributed by atoms with Crippen LogP contribution in [0.3, 0.4) is 0 Å². The van der Waals surface area contributed by atoms with Gasteiger partial charge >= 0.3 is 0 Å². The largest absolute Gasteiger partial charge is 0.348 e. The summed E-state index contributed by atoms with van der Waals surface area (Å²) in [6.45, 7) is 3.06. The molecule has 130 valence electrons. The van der Waals surface area contributed by atoms with Crippen LogP contribution < -0.4 is 16.0 Å². The Balaban J connectivity index is 1.74. The van der Waals surface area contributed by atoms with Crippen LogP contribution in [-0.4, -0.2) is 30.4 Å². The summed E-state index contributed by atoms with van der Waals surface area (Å²) in [6, 6.07) is 16.4. The van der Waals surface area contributed by atoms with Crippen molar-refractivity contribution in [3.05, 3.63) is 65.7 Å². The molecule has 2 amide bonds. The minimum atomic E-state index is -0.228. The first-order valence-corrected chi connectivity index (χ1v) is 8.65. The van der Waals surface area contributed by atoms with E-state index >= 15 is 0 Å². The van der Waals surface area contributed by atoms with Crippen molar-refractivity contribution in [2.45, 2.75) is 31.8 Å². The zero-order chi connectivity index (χ0) is 17.6. The molecule has 3 N–H and O–H groups in total. The van der Waals surface area contributed by atoms with Crippen LogP contribution >= 0.6 is 0 Å². The van der Waals surface area contributed by atoms with Gasteiger partial charge < -0.3 is 16.0 Å². The number of benzene rings is 2. The summed E-state index contributed by atoms with van der Waals surface area (Å²) in [5.74, 6) is -0.391. The van der Waals surface area contributed by atoms with Crippen LogP contribution in [0.4, 0.5) is 5.69 Å². The second-order valence-corrected chi connectivity index (χ2v) is 6.33. The van der Waals surface area contributed by atoms with Crippen LogP contribution in [0.5, 0.6) is 0 Å². The minimum absolute atomic E-state index is 0.0964. The average Bonchev–Trinajstić information content (AvgIpc) is 2.64. The molecule has 0 bridgehead atoms. The summed E-state index contributed by atoms with van der Waals surface area (Å²) < 4.78 is 0. The molecule has 0 aliphatic carbocycles. The van der Waals surface area contributed by atoms with Gasteiger partial charge in [-0.25, -0.2) is 0 Å². The lowest BCUT2D eigenvalue weighted by molar-refractivity contribution is 0.0920. The number of amides is 2. The molecule has 25 heavy (non-hydrogen) atoms. The van der Waals surface area contributed by atoms with Crippen molar-refractivity contribution in [1.29, 1.82) is 0 Å². The smallest absolute Gasteiger partial charge is 0.255 e. The molecular formula is C20H23N3O2. The Kier molecular flexibility index (Phi) is 5.46. The van der Waals surface area contributed by atoms with E-state index in [9.17, 15) is 9.59 Å². The average molecular weight is 337 g/mol. The maximum absolute atomic E-state index is 12.7. The predicted molar refractivity (Wildman–Crippen MR) is 98.8 cm³/mol. The van der Waals surface area contributed by atoms with E-state index in [-0.39, 0.29) is 23.9 Å². The fourth-order valence-corrected chi connectivity index (χ4v) is 3.06. The Morgan fingerprint density at radius 3 is 2.48 bits per heavy atom. The van der Waals surface area contributed by atoms with Gasteiger partial charge in [-0.05, 0) is 50.6 Å². The van der Waals surface area contributed by atoms with Gasteiger partial charge in [-0.2, -0.15) is 0 Å². The number of para-hydroxylation sites is 1. The lowest BCUT2D eigenvalue weighted by Crippen LogP contribution is -2.52. The van der Waals surface area contributed by atoms with Crippen LogP contribution in [0, 0.1) is 0 Å². The zero-order valence-corrected chi connectivity index (χ0v) is 14.3. The third kappa shape index (κ3) is 4.25. The summed E-state index contributed by atoms with van der Waals surface area (Å²) in [4.78, 5) is 25.1. The Morgan fingerprint density at radius 1 is 1.00 bits per heavy atom. The first kappa shape index (κ1) is 17.2. The Morgan fingerprint density at radius 2 is 1.72 bits per heavy atom. The second kappa shape index (κ2) is 7.94. The van der Waals surface area contributed by atoms with Crippen molar-refractivity contribution in [3.8, 4) is 0 Å². The molecule has 3 rings (SSSR count). The summed E-state index contributed by atoms with van der Waals surface area (Å²) in [5.41, 5.74) is 1.55. The number of carbonyl (C=O) groups is 2. The summed E-state index contributed by atoms with van der Waals surface area (Å²) in [5, 5.41) is 9.30. The van der Waals surface area contributed by atoms with Gasteiger partial charge in [0.1, 0.15) is 0 Å². The Bertz CT molecular complexity index is 746. The van der Waals surface area contributed by atoms with Crippen molar-refractivity contribution in [2.24, 2.45) is 0 Å². The van der Waals surface area contributed by atoms with Gasteiger partial charge in [0.2, 0.25) is 0 Å². The van der Waals surface area contributed by atoms with Gasteiger partial charge in [0.05, 0.1) is 11.3 Å². The molecule has 5 heteroatoms. The van der Waals surface area contributed by atoms with E-state index in [4.69, 9.17) is 0 Å². The van der Waals surface area contributed by atoms with E-state index < -0.39 is 0 Å². The quantitative estimate of drug-likeness (QED) is 0.803. The molecular weight excluding hydrogens is 314 g/mol. The van der Waals surface area contributed by atoms with Crippen LogP contribution in [0.2, 0.25) is 0 Å². The molecule has 2 atom stereocenters. The molecule has 1 saturated heterocycles. The normalized spacial score (nSPS) is 19.9. The molecule has 1 heterocycles. The van der Waals surface area contributed by atoms with Crippen molar-refractivity contribution in [2.75, 3.05) is 11.9 Å². The van der Waals surface area contributed by atoms with Gasteiger partial charge in [-0.3, -0.25) is 9.59 Å². The highest BCUT2D eigenvalue weighted by atomic mass is 16.2. The number of carbonyl (C=O) groups excluding carboxylic acids is 2. The summed E-state index contributed by atoms with van der Waals surface area (Å²) >= 11 is 0. The Labute approximate surface area is 147 Å². The highest BCUT2D eigenvalue weighted by molar-refractivity contribution is 6.09. The summed E-state index contributed by atoms with van der Waals surface area (Å²) in [7, 11) is 0. The van der Waals surface area contributed by atoms with E-state index in [0.717, 1.165) is 19.4 Å². The van der Waals surface area contributed by atoms with Gasteiger partial charge in [-0.1, -0.05) is 30.3 Å². The molecule has 0 saturated carbocycles. The van der Waals surface area contributed by atoms with E-state index in [1.165, 1.54) is 0 Å². The van der Waals surface area contributed by atoms with E-state index in [2.05, 4.69) is 22.9 Å². The number of anilines is 1. The molecule has 2 unspecified atom stereocenters. The van der Waals surface area contributed by atoms with Crippen LogP contribution in [0.15, 0.2) is 54.6 Å². The fourth-order valence-electron chi connectivity index (χ4n) is 3.06. The highest BCUT2D eigenvalue weighted by Crippen LogP contribution is 2.18. The first-order valence-electron chi connectivity index (χ1n) is 8.65. The van der Waals surface area contributed by atoms with Gasteiger partial charge in [-0.15, -0.1) is 0 Å². The van der Waals surface area contributed by atoms with E-state index in [1.807, 2.05) is 24.3 Å². The number of nitrogens with one attached hydrogen (secondary N) is 3. The molecule has 1 aliphatic rings. The van der Waals surface area contributed by atoms with Crippen molar-refractivity contribution >= 4 is 17.5 Å². The van der Waals surface area contributed by atoms with Crippen molar-refractivity contribution < 1.29 is 9.59 Å². The fraction of sp³-hybridized carbons (Fsp3) is 0.300. The van der Waals surface area contributed by atoms with Gasteiger partial charge in [0, 0.05) is 17.6 Å². The number of rotatable bonds is 4. The molecule has 0 aromatic heterocycles. The monoisotopic (exact) mass is 337 g/mol. The maximum Gasteiger partial charge on any atom is 0.255 e.